The first-order chi connectivity index (χ1) is 7.09. The molecule has 0 aromatic heterocycles. The summed E-state index contributed by atoms with van der Waals surface area (Å²) < 4.78 is 0. The molecule has 0 aromatic carbocycles. The van der Waals surface area contributed by atoms with Gasteiger partial charge < -0.3 is 4.90 Å². The summed E-state index contributed by atoms with van der Waals surface area (Å²) >= 11 is 0. The molecule has 0 atom stereocenters. The highest BCUT2D eigenvalue weighted by atomic mass is 15.1. The molecular formula is C14H29N. The van der Waals surface area contributed by atoms with Gasteiger partial charge in [0, 0.05) is 19.3 Å². The fourth-order valence-corrected chi connectivity index (χ4v) is 1.70. The molecule has 1 nitrogen and oxygen atoms in total. The molecule has 1 rings (SSSR count). The Labute approximate surface area is 96.6 Å². The first-order valence-corrected chi connectivity index (χ1v) is 6.49. The predicted molar refractivity (Wildman–Crippen MR) is 70.0 cm³/mol. The fraction of sp³-hybridized carbons (Fsp3) is 0.857. The molecule has 15 heavy (non-hydrogen) atoms. The molecule has 0 saturated heterocycles. The molecule has 1 aliphatic carbocycles. The Morgan fingerprint density at radius 2 is 1.40 bits per heavy atom. The van der Waals surface area contributed by atoms with Crippen molar-refractivity contribution in [2.45, 2.75) is 59.3 Å². The Bertz CT molecular complexity index is 145. The maximum absolute atomic E-state index is 3.95. The van der Waals surface area contributed by atoms with Gasteiger partial charge in [0.25, 0.3) is 0 Å². The topological polar surface area (TPSA) is 3.24 Å². The van der Waals surface area contributed by atoms with E-state index >= 15 is 0 Å². The summed E-state index contributed by atoms with van der Waals surface area (Å²) in [5, 5.41) is 0. The highest BCUT2D eigenvalue weighted by molar-refractivity contribution is 4.94. The van der Waals surface area contributed by atoms with Crippen LogP contribution in [0, 0.1) is 5.92 Å². The zero-order valence-corrected chi connectivity index (χ0v) is 11.2. The first kappa shape index (κ1) is 14.5. The van der Waals surface area contributed by atoms with Crippen LogP contribution < -0.4 is 0 Å². The van der Waals surface area contributed by atoms with Crippen molar-refractivity contribution in [1.29, 1.82) is 0 Å². The largest absolute Gasteiger partial charge is 0.378 e. The number of allylic oxidation sites excluding steroid dienone is 1. The molecule has 1 saturated carbocycles. The van der Waals surface area contributed by atoms with Crippen LogP contribution in [0.1, 0.15) is 59.3 Å². The Morgan fingerprint density at radius 1 is 1.07 bits per heavy atom. The SMILES string of the molecule is C1CCCCC1.C=C(C(C)C)N(C)CC. The molecule has 0 unspecified atom stereocenters. The minimum atomic E-state index is 0.579. The van der Waals surface area contributed by atoms with Crippen LogP contribution in [0.2, 0.25) is 0 Å². The van der Waals surface area contributed by atoms with E-state index < -0.39 is 0 Å². The van der Waals surface area contributed by atoms with Gasteiger partial charge in [-0.05, 0) is 12.8 Å². The van der Waals surface area contributed by atoms with Crippen molar-refractivity contribution < 1.29 is 0 Å². The molecule has 1 heteroatoms. The molecule has 0 bridgehead atoms. The van der Waals surface area contributed by atoms with Crippen LogP contribution in [0.15, 0.2) is 12.3 Å². The van der Waals surface area contributed by atoms with Crippen molar-refractivity contribution in [3.05, 3.63) is 12.3 Å². The molecule has 1 aliphatic rings. The zero-order valence-electron chi connectivity index (χ0n) is 11.2. The monoisotopic (exact) mass is 211 g/mol. The van der Waals surface area contributed by atoms with E-state index in [-0.39, 0.29) is 0 Å². The van der Waals surface area contributed by atoms with Gasteiger partial charge in [-0.2, -0.15) is 0 Å². The van der Waals surface area contributed by atoms with Gasteiger partial charge in [0.2, 0.25) is 0 Å². The molecule has 0 amide bonds. The van der Waals surface area contributed by atoms with E-state index in [9.17, 15) is 0 Å². The molecule has 0 radical (unpaired) electrons. The van der Waals surface area contributed by atoms with E-state index in [4.69, 9.17) is 0 Å². The lowest BCUT2D eigenvalue weighted by atomic mass is 10.0. The van der Waals surface area contributed by atoms with Gasteiger partial charge in [0.05, 0.1) is 0 Å². The molecule has 0 spiro atoms. The van der Waals surface area contributed by atoms with Crippen LogP contribution in [-0.4, -0.2) is 18.5 Å². The summed E-state index contributed by atoms with van der Waals surface area (Å²) in [6.45, 7) is 11.5. The number of rotatable bonds is 3. The van der Waals surface area contributed by atoms with Gasteiger partial charge in [-0.1, -0.05) is 59.0 Å². The summed E-state index contributed by atoms with van der Waals surface area (Å²) in [6.07, 6.45) is 9.00. The maximum atomic E-state index is 3.95. The van der Waals surface area contributed by atoms with Crippen LogP contribution in [0.3, 0.4) is 0 Å². The second-order valence-corrected chi connectivity index (χ2v) is 4.78. The molecular weight excluding hydrogens is 182 g/mol. The summed E-state index contributed by atoms with van der Waals surface area (Å²) in [7, 11) is 2.07. The predicted octanol–water partition coefficient (Wildman–Crippen LogP) is 4.45. The van der Waals surface area contributed by atoms with Crippen LogP contribution >= 0.6 is 0 Å². The van der Waals surface area contributed by atoms with Crippen LogP contribution in [0.25, 0.3) is 0 Å². The van der Waals surface area contributed by atoms with E-state index in [0.29, 0.717) is 5.92 Å². The molecule has 0 N–H and O–H groups in total. The molecule has 0 aliphatic heterocycles. The number of hydrogen-bond acceptors (Lipinski definition) is 1. The van der Waals surface area contributed by atoms with Crippen molar-refractivity contribution in [3.8, 4) is 0 Å². The molecule has 90 valence electrons. The first-order valence-electron chi connectivity index (χ1n) is 6.49. The Kier molecular flexibility index (Phi) is 8.55. The van der Waals surface area contributed by atoms with Crippen molar-refractivity contribution >= 4 is 0 Å². The third-order valence-electron chi connectivity index (χ3n) is 3.13. The molecule has 1 fully saturated rings. The summed E-state index contributed by atoms with van der Waals surface area (Å²) in [6, 6.07) is 0. The number of nitrogens with zero attached hydrogens (tertiary/aromatic N) is 1. The van der Waals surface area contributed by atoms with Gasteiger partial charge in [-0.3, -0.25) is 0 Å². The average Bonchev–Trinajstić information content (AvgIpc) is 2.30. The van der Waals surface area contributed by atoms with Gasteiger partial charge in [0.1, 0.15) is 0 Å². The smallest absolute Gasteiger partial charge is 0.0143 e. The lowest BCUT2D eigenvalue weighted by molar-refractivity contribution is 0.395. The lowest BCUT2D eigenvalue weighted by Crippen LogP contribution is -2.19. The average molecular weight is 211 g/mol. The number of hydrogen-bond donors (Lipinski definition) is 0. The highest BCUT2D eigenvalue weighted by Gasteiger charge is 2.02. The molecule has 0 aromatic rings. The normalized spacial score (nSPS) is 15.5. The standard InChI is InChI=1S/C8H17N.C6H12/c1-6-9(5)8(4)7(2)3;1-2-4-6-5-3-1/h7H,4,6H2,1-3,5H3;1-6H2. The summed E-state index contributed by atoms with van der Waals surface area (Å²) in [5.41, 5.74) is 1.22. The molecule has 0 heterocycles. The fourth-order valence-electron chi connectivity index (χ4n) is 1.70. The third kappa shape index (κ3) is 7.47. The van der Waals surface area contributed by atoms with Crippen molar-refractivity contribution in [3.63, 3.8) is 0 Å². The minimum absolute atomic E-state index is 0.579. The van der Waals surface area contributed by atoms with Crippen LogP contribution in [-0.2, 0) is 0 Å². The second-order valence-electron chi connectivity index (χ2n) is 4.78. The zero-order chi connectivity index (χ0) is 11.7. The summed E-state index contributed by atoms with van der Waals surface area (Å²) in [5.74, 6) is 0.579. The Hall–Kier alpha value is -0.460. The summed E-state index contributed by atoms with van der Waals surface area (Å²) in [4.78, 5) is 2.17. The Balaban J connectivity index is 0.000000280. The third-order valence-corrected chi connectivity index (χ3v) is 3.13. The van der Waals surface area contributed by atoms with Gasteiger partial charge in [-0.25, -0.2) is 0 Å². The van der Waals surface area contributed by atoms with E-state index in [1.54, 1.807) is 0 Å². The van der Waals surface area contributed by atoms with E-state index in [1.807, 2.05) is 0 Å². The van der Waals surface area contributed by atoms with Gasteiger partial charge >= 0.3 is 0 Å². The lowest BCUT2D eigenvalue weighted by Gasteiger charge is -2.22. The van der Waals surface area contributed by atoms with Crippen molar-refractivity contribution in [1.82, 2.24) is 4.90 Å². The highest BCUT2D eigenvalue weighted by Crippen LogP contribution is 2.15. The van der Waals surface area contributed by atoms with Gasteiger partial charge in [0.15, 0.2) is 0 Å². The van der Waals surface area contributed by atoms with Crippen LogP contribution in [0.4, 0.5) is 0 Å². The van der Waals surface area contributed by atoms with E-state index in [0.717, 1.165) is 6.54 Å². The van der Waals surface area contributed by atoms with E-state index in [1.165, 1.54) is 44.2 Å². The van der Waals surface area contributed by atoms with Crippen molar-refractivity contribution in [2.24, 2.45) is 5.92 Å². The minimum Gasteiger partial charge on any atom is -0.378 e. The van der Waals surface area contributed by atoms with Gasteiger partial charge in [-0.15, -0.1) is 0 Å². The van der Waals surface area contributed by atoms with Crippen molar-refractivity contribution in [2.75, 3.05) is 13.6 Å². The van der Waals surface area contributed by atoms with E-state index in [2.05, 4.69) is 39.3 Å². The second kappa shape index (κ2) is 8.82. The van der Waals surface area contributed by atoms with Crippen LogP contribution in [0.5, 0.6) is 0 Å². The Morgan fingerprint density at radius 3 is 1.53 bits per heavy atom. The quantitative estimate of drug-likeness (QED) is 0.666. The maximum Gasteiger partial charge on any atom is 0.0143 e.